The van der Waals surface area contributed by atoms with Gasteiger partial charge in [-0.2, -0.15) is 4.98 Å². The van der Waals surface area contributed by atoms with Crippen LogP contribution in [0.4, 0.5) is 0 Å². The number of carbonyl (C=O) groups is 2. The molecule has 1 N–H and O–H groups in total. The van der Waals surface area contributed by atoms with Gasteiger partial charge in [-0.3, -0.25) is 4.79 Å². The predicted molar refractivity (Wildman–Crippen MR) is 104 cm³/mol. The normalized spacial score (nSPS) is 11.9. The van der Waals surface area contributed by atoms with Crippen LogP contribution in [0.15, 0.2) is 40.9 Å². The van der Waals surface area contributed by atoms with Crippen LogP contribution >= 0.6 is 11.6 Å². The first-order valence-corrected chi connectivity index (χ1v) is 9.27. The van der Waals surface area contributed by atoms with E-state index in [-0.39, 0.29) is 31.5 Å². The number of amides is 1. The van der Waals surface area contributed by atoms with Gasteiger partial charge in [-0.25, -0.2) is 4.79 Å². The molecule has 1 aliphatic rings. The molecule has 154 valence electrons. The minimum Gasteiger partial charge on any atom is -0.465 e. The quantitative estimate of drug-likeness (QED) is 0.595. The van der Waals surface area contributed by atoms with Gasteiger partial charge in [0.25, 0.3) is 0 Å². The second kappa shape index (κ2) is 8.42. The van der Waals surface area contributed by atoms with Crippen LogP contribution in [-0.4, -0.2) is 35.9 Å². The largest absolute Gasteiger partial charge is 0.465 e. The van der Waals surface area contributed by atoms with E-state index in [9.17, 15) is 9.59 Å². The Hall–Kier alpha value is -3.59. The van der Waals surface area contributed by atoms with Crippen molar-refractivity contribution in [1.82, 2.24) is 15.5 Å². The lowest BCUT2D eigenvalue weighted by Crippen LogP contribution is -2.23. The standard InChI is InChI=1S/C20H16ClN3O6/c1-27-20(26)12-3-4-14(21)13(7-12)8-17-23-19(30-24-17)18(25)22-9-11-2-5-15-16(6-11)29-10-28-15/h2-7H,8-10H2,1H3,(H,22,25). The monoisotopic (exact) mass is 429 g/mol. The van der Waals surface area contributed by atoms with Gasteiger partial charge in [0.2, 0.25) is 6.79 Å². The van der Waals surface area contributed by atoms with Crippen molar-refractivity contribution in [2.75, 3.05) is 13.9 Å². The summed E-state index contributed by atoms with van der Waals surface area (Å²) in [6.45, 7) is 0.433. The molecule has 4 rings (SSSR count). The lowest BCUT2D eigenvalue weighted by Gasteiger charge is -2.04. The topological polar surface area (TPSA) is 113 Å². The first kappa shape index (κ1) is 19.7. The number of nitrogens with zero attached hydrogens (tertiary/aromatic N) is 2. The van der Waals surface area contributed by atoms with E-state index in [2.05, 4.69) is 15.5 Å². The van der Waals surface area contributed by atoms with Crippen LogP contribution < -0.4 is 14.8 Å². The van der Waals surface area contributed by atoms with Gasteiger partial charge in [-0.05, 0) is 41.5 Å². The molecule has 0 saturated heterocycles. The number of ether oxygens (including phenoxy) is 3. The molecule has 30 heavy (non-hydrogen) atoms. The third kappa shape index (κ3) is 4.20. The Morgan fingerprint density at radius 3 is 2.83 bits per heavy atom. The molecule has 10 heteroatoms. The predicted octanol–water partition coefficient (Wildman–Crippen LogP) is 2.76. The van der Waals surface area contributed by atoms with Crippen LogP contribution in [0.25, 0.3) is 0 Å². The van der Waals surface area contributed by atoms with E-state index in [1.54, 1.807) is 30.3 Å². The SMILES string of the molecule is COC(=O)c1ccc(Cl)c(Cc2noc(C(=O)NCc3ccc4c(c3)OCO4)n2)c1. The van der Waals surface area contributed by atoms with Gasteiger partial charge >= 0.3 is 17.8 Å². The molecule has 3 aromatic rings. The average molecular weight is 430 g/mol. The van der Waals surface area contributed by atoms with Gasteiger partial charge in [-0.1, -0.05) is 22.8 Å². The fourth-order valence-electron chi connectivity index (χ4n) is 2.85. The molecule has 0 atom stereocenters. The van der Waals surface area contributed by atoms with Crippen LogP contribution in [0.5, 0.6) is 11.5 Å². The number of hydrogen-bond acceptors (Lipinski definition) is 8. The lowest BCUT2D eigenvalue weighted by atomic mass is 10.1. The molecule has 2 aromatic carbocycles. The average Bonchev–Trinajstić information content (AvgIpc) is 3.42. The van der Waals surface area contributed by atoms with Gasteiger partial charge in [0, 0.05) is 18.0 Å². The Kier molecular flexibility index (Phi) is 5.53. The van der Waals surface area contributed by atoms with Gasteiger partial charge in [0.05, 0.1) is 12.7 Å². The number of rotatable bonds is 6. The van der Waals surface area contributed by atoms with E-state index in [1.165, 1.54) is 7.11 Å². The summed E-state index contributed by atoms with van der Waals surface area (Å²) >= 11 is 6.18. The highest BCUT2D eigenvalue weighted by atomic mass is 35.5. The van der Waals surface area contributed by atoms with Gasteiger partial charge in [0.15, 0.2) is 17.3 Å². The summed E-state index contributed by atoms with van der Waals surface area (Å²) in [7, 11) is 1.30. The van der Waals surface area contributed by atoms with E-state index < -0.39 is 11.9 Å². The minimum absolute atomic E-state index is 0.175. The van der Waals surface area contributed by atoms with Gasteiger partial charge in [-0.15, -0.1) is 0 Å². The van der Waals surface area contributed by atoms with Crippen molar-refractivity contribution in [1.29, 1.82) is 0 Å². The molecule has 1 amide bonds. The Labute approximate surface area is 175 Å². The lowest BCUT2D eigenvalue weighted by molar-refractivity contribution is 0.0600. The van der Waals surface area contributed by atoms with Crippen molar-refractivity contribution in [3.63, 3.8) is 0 Å². The van der Waals surface area contributed by atoms with Crippen LogP contribution in [-0.2, 0) is 17.7 Å². The first-order chi connectivity index (χ1) is 14.5. The fourth-order valence-corrected chi connectivity index (χ4v) is 3.04. The third-order valence-corrected chi connectivity index (χ3v) is 4.74. The second-order valence-electron chi connectivity index (χ2n) is 6.36. The highest BCUT2D eigenvalue weighted by Crippen LogP contribution is 2.32. The molecule has 0 saturated carbocycles. The first-order valence-electron chi connectivity index (χ1n) is 8.89. The molecule has 0 radical (unpaired) electrons. The smallest absolute Gasteiger partial charge is 0.337 e. The maximum atomic E-state index is 12.3. The Morgan fingerprint density at radius 2 is 2.00 bits per heavy atom. The number of halogens is 1. The summed E-state index contributed by atoms with van der Waals surface area (Å²) in [4.78, 5) is 28.1. The summed E-state index contributed by atoms with van der Waals surface area (Å²) in [5, 5.41) is 6.95. The third-order valence-electron chi connectivity index (χ3n) is 4.37. The molecule has 1 aliphatic heterocycles. The number of nitrogens with one attached hydrogen (secondary N) is 1. The van der Waals surface area contributed by atoms with Gasteiger partial charge < -0.3 is 24.1 Å². The van der Waals surface area contributed by atoms with Crippen LogP contribution in [0, 0.1) is 0 Å². The zero-order chi connectivity index (χ0) is 21.1. The zero-order valence-corrected chi connectivity index (χ0v) is 16.6. The Balaban J connectivity index is 1.40. The van der Waals surface area contributed by atoms with Crippen molar-refractivity contribution in [3.8, 4) is 11.5 Å². The van der Waals surface area contributed by atoms with E-state index in [1.807, 2.05) is 6.07 Å². The summed E-state index contributed by atoms with van der Waals surface area (Å²) in [6.07, 6.45) is 0.183. The molecule has 0 aliphatic carbocycles. The Bertz CT molecular complexity index is 1110. The fraction of sp³-hybridized carbons (Fsp3) is 0.200. The van der Waals surface area contributed by atoms with Crippen molar-refractivity contribution < 1.29 is 28.3 Å². The number of fused-ring (bicyclic) bond motifs is 1. The number of esters is 1. The van der Waals surface area contributed by atoms with E-state index in [4.69, 9.17) is 30.3 Å². The summed E-state index contributed by atoms with van der Waals surface area (Å²) in [5.74, 6) is 0.387. The number of aromatic nitrogens is 2. The second-order valence-corrected chi connectivity index (χ2v) is 6.77. The van der Waals surface area contributed by atoms with E-state index >= 15 is 0 Å². The highest BCUT2D eigenvalue weighted by molar-refractivity contribution is 6.31. The minimum atomic E-state index is -0.513. The van der Waals surface area contributed by atoms with Gasteiger partial charge in [0.1, 0.15) is 0 Å². The molecular weight excluding hydrogens is 414 g/mol. The summed E-state index contributed by atoms with van der Waals surface area (Å²) < 4.78 is 20.3. The molecule has 0 bridgehead atoms. The number of hydrogen-bond donors (Lipinski definition) is 1. The summed E-state index contributed by atoms with van der Waals surface area (Å²) in [6, 6.07) is 10.1. The van der Waals surface area contributed by atoms with Crippen molar-refractivity contribution >= 4 is 23.5 Å². The van der Waals surface area contributed by atoms with Crippen molar-refractivity contribution in [2.45, 2.75) is 13.0 Å². The maximum absolute atomic E-state index is 12.3. The highest BCUT2D eigenvalue weighted by Gasteiger charge is 2.18. The van der Waals surface area contributed by atoms with E-state index in [0.717, 1.165) is 5.56 Å². The van der Waals surface area contributed by atoms with Crippen LogP contribution in [0.2, 0.25) is 5.02 Å². The van der Waals surface area contributed by atoms with Crippen LogP contribution in [0.3, 0.4) is 0 Å². The molecule has 0 spiro atoms. The van der Waals surface area contributed by atoms with Crippen LogP contribution in [0.1, 0.15) is 38.0 Å². The van der Waals surface area contributed by atoms with Crippen molar-refractivity contribution in [2.24, 2.45) is 0 Å². The molecule has 1 aromatic heterocycles. The maximum Gasteiger partial charge on any atom is 0.337 e. The molecule has 0 fully saturated rings. The number of methoxy groups -OCH3 is 1. The number of benzene rings is 2. The zero-order valence-electron chi connectivity index (χ0n) is 15.8. The van der Waals surface area contributed by atoms with E-state index in [0.29, 0.717) is 27.6 Å². The molecule has 0 unspecified atom stereocenters. The molecule has 9 nitrogen and oxygen atoms in total. The summed E-state index contributed by atoms with van der Waals surface area (Å²) in [5.41, 5.74) is 1.79. The number of carbonyl (C=O) groups excluding carboxylic acids is 2. The molecule has 2 heterocycles. The van der Waals surface area contributed by atoms with Crippen molar-refractivity contribution in [3.05, 3.63) is 69.8 Å². The molecular formula is C20H16ClN3O6. The Morgan fingerprint density at radius 1 is 1.17 bits per heavy atom.